The van der Waals surface area contributed by atoms with Gasteiger partial charge in [0.2, 0.25) is 0 Å². The second-order valence-corrected chi connectivity index (χ2v) is 6.27. The number of halogens is 2. The fourth-order valence-electron chi connectivity index (χ4n) is 1.59. The molecule has 1 rings (SSSR count). The summed E-state index contributed by atoms with van der Waals surface area (Å²) in [5.74, 6) is 0. The Morgan fingerprint density at radius 1 is 1.39 bits per heavy atom. The van der Waals surface area contributed by atoms with E-state index < -0.39 is 0 Å². The smallest absolute Gasteiger partial charge is 0.0683 e. The van der Waals surface area contributed by atoms with Crippen molar-refractivity contribution in [2.45, 2.75) is 33.1 Å². The van der Waals surface area contributed by atoms with Crippen LogP contribution in [0.3, 0.4) is 0 Å². The fourth-order valence-corrected chi connectivity index (χ4v) is 2.01. The first-order valence-corrected chi connectivity index (χ1v) is 7.22. The highest BCUT2D eigenvalue weighted by Gasteiger charge is 2.15. The number of nitriles is 1. The molecule has 0 spiro atoms. The van der Waals surface area contributed by atoms with Crippen LogP contribution in [0.5, 0.6) is 0 Å². The average Bonchev–Trinajstić information content (AvgIpc) is 2.33. The monoisotopic (exact) mass is 328 g/mol. The van der Waals surface area contributed by atoms with Crippen LogP contribution in [-0.2, 0) is 0 Å². The Balaban J connectivity index is 2.26. The van der Waals surface area contributed by atoms with Gasteiger partial charge >= 0.3 is 0 Å². The van der Waals surface area contributed by atoms with Crippen molar-refractivity contribution in [2.24, 2.45) is 5.41 Å². The molecule has 0 fully saturated rings. The molecule has 4 heteroatoms. The first-order chi connectivity index (χ1) is 8.44. The Bertz CT molecular complexity index is 438. The Kier molecular flexibility index (Phi) is 5.98. The van der Waals surface area contributed by atoms with Crippen molar-refractivity contribution in [3.8, 4) is 6.07 Å². The summed E-state index contributed by atoms with van der Waals surface area (Å²) in [5.41, 5.74) is 0.823. The lowest BCUT2D eigenvalue weighted by Gasteiger charge is -2.14. The molecule has 0 amide bonds. The van der Waals surface area contributed by atoms with E-state index >= 15 is 0 Å². The summed E-state index contributed by atoms with van der Waals surface area (Å²) < 4.78 is 0.908. The molecule has 0 saturated carbocycles. The summed E-state index contributed by atoms with van der Waals surface area (Å²) in [6.45, 7) is 4.86. The van der Waals surface area contributed by atoms with Crippen LogP contribution in [0.25, 0.3) is 0 Å². The zero-order valence-corrected chi connectivity index (χ0v) is 13.1. The fraction of sp³-hybridized carbons (Fsp3) is 0.500. The molecular weight excluding hydrogens is 312 g/mol. The molecule has 0 bridgehead atoms. The van der Waals surface area contributed by atoms with Gasteiger partial charge in [0.1, 0.15) is 0 Å². The van der Waals surface area contributed by atoms with E-state index in [0.29, 0.717) is 5.02 Å². The van der Waals surface area contributed by atoms with Gasteiger partial charge in [-0.05, 0) is 60.8 Å². The first-order valence-electron chi connectivity index (χ1n) is 6.05. The van der Waals surface area contributed by atoms with Gasteiger partial charge in [0.15, 0.2) is 0 Å². The molecule has 0 aliphatic heterocycles. The molecule has 0 aliphatic rings. The van der Waals surface area contributed by atoms with E-state index in [4.69, 9.17) is 16.9 Å². The van der Waals surface area contributed by atoms with Crippen molar-refractivity contribution in [1.29, 1.82) is 5.26 Å². The number of unbranched alkanes of at least 4 members (excludes halogenated alkanes) is 1. The molecule has 1 aromatic carbocycles. The van der Waals surface area contributed by atoms with E-state index in [2.05, 4.69) is 27.3 Å². The molecule has 1 N–H and O–H groups in total. The van der Waals surface area contributed by atoms with Crippen molar-refractivity contribution >= 4 is 33.2 Å². The minimum Gasteiger partial charge on any atom is -0.385 e. The number of benzene rings is 1. The van der Waals surface area contributed by atoms with Crippen molar-refractivity contribution in [2.75, 3.05) is 11.9 Å². The lowest BCUT2D eigenvalue weighted by Crippen LogP contribution is -2.09. The van der Waals surface area contributed by atoms with E-state index in [1.807, 2.05) is 32.0 Å². The zero-order chi connectivity index (χ0) is 13.6. The maximum atomic E-state index is 8.90. The molecule has 98 valence electrons. The Hall–Kier alpha value is -0.720. The number of hydrogen-bond donors (Lipinski definition) is 1. The van der Waals surface area contributed by atoms with Gasteiger partial charge in [-0.3, -0.25) is 0 Å². The Morgan fingerprint density at radius 2 is 2.11 bits per heavy atom. The summed E-state index contributed by atoms with van der Waals surface area (Å²) in [6.07, 6.45) is 3.04. The lowest BCUT2D eigenvalue weighted by molar-refractivity contribution is 0.430. The van der Waals surface area contributed by atoms with E-state index in [1.54, 1.807) is 0 Å². The van der Waals surface area contributed by atoms with Crippen LogP contribution in [0, 0.1) is 16.7 Å². The second kappa shape index (κ2) is 7.01. The van der Waals surface area contributed by atoms with Crippen molar-refractivity contribution < 1.29 is 0 Å². The third-order valence-corrected chi connectivity index (χ3v) is 4.01. The van der Waals surface area contributed by atoms with Gasteiger partial charge in [-0.2, -0.15) is 5.26 Å². The number of hydrogen-bond acceptors (Lipinski definition) is 2. The summed E-state index contributed by atoms with van der Waals surface area (Å²) in [4.78, 5) is 0. The highest BCUT2D eigenvalue weighted by Crippen LogP contribution is 2.26. The van der Waals surface area contributed by atoms with Crippen molar-refractivity contribution in [3.63, 3.8) is 0 Å². The third-order valence-electron chi connectivity index (χ3n) is 2.78. The standard InChI is InChI=1S/C14H18BrClN2/c1-14(2,10-17)7-3-4-8-18-11-5-6-12(15)13(16)9-11/h5-6,9,18H,3-4,7-8H2,1-2H3. The molecule has 0 radical (unpaired) electrons. The molecule has 18 heavy (non-hydrogen) atoms. The summed E-state index contributed by atoms with van der Waals surface area (Å²) in [7, 11) is 0. The van der Waals surface area contributed by atoms with Gasteiger partial charge in [0.25, 0.3) is 0 Å². The topological polar surface area (TPSA) is 35.8 Å². The van der Waals surface area contributed by atoms with Gasteiger partial charge in [0, 0.05) is 16.7 Å². The largest absolute Gasteiger partial charge is 0.385 e. The minimum atomic E-state index is -0.207. The molecule has 0 aromatic heterocycles. The van der Waals surface area contributed by atoms with Crippen LogP contribution < -0.4 is 5.32 Å². The third kappa shape index (κ3) is 5.29. The van der Waals surface area contributed by atoms with Gasteiger partial charge < -0.3 is 5.32 Å². The Morgan fingerprint density at radius 3 is 2.72 bits per heavy atom. The van der Waals surface area contributed by atoms with Gasteiger partial charge in [-0.25, -0.2) is 0 Å². The lowest BCUT2D eigenvalue weighted by atomic mass is 9.89. The molecular formula is C14H18BrClN2. The van der Waals surface area contributed by atoms with Crippen LogP contribution in [0.15, 0.2) is 22.7 Å². The predicted octanol–water partition coefficient (Wildman–Crippen LogP) is 5.23. The Labute approximate surface area is 122 Å². The highest BCUT2D eigenvalue weighted by molar-refractivity contribution is 9.10. The molecule has 0 saturated heterocycles. The molecule has 0 heterocycles. The van der Waals surface area contributed by atoms with Gasteiger partial charge in [-0.1, -0.05) is 18.0 Å². The van der Waals surface area contributed by atoms with Crippen molar-refractivity contribution in [1.82, 2.24) is 0 Å². The van der Waals surface area contributed by atoms with E-state index in [1.165, 1.54) is 0 Å². The van der Waals surface area contributed by atoms with E-state index in [9.17, 15) is 0 Å². The number of nitrogens with one attached hydrogen (secondary N) is 1. The SMILES string of the molecule is CC(C)(C#N)CCCCNc1ccc(Br)c(Cl)c1. The van der Waals surface area contributed by atoms with Crippen LogP contribution in [0.4, 0.5) is 5.69 Å². The molecule has 0 aliphatic carbocycles. The predicted molar refractivity (Wildman–Crippen MR) is 80.9 cm³/mol. The van der Waals surface area contributed by atoms with Gasteiger partial charge in [0.05, 0.1) is 16.5 Å². The first kappa shape index (κ1) is 15.3. The van der Waals surface area contributed by atoms with Gasteiger partial charge in [-0.15, -0.1) is 0 Å². The maximum Gasteiger partial charge on any atom is 0.0683 e. The quantitative estimate of drug-likeness (QED) is 0.725. The van der Waals surface area contributed by atoms with Crippen LogP contribution in [0.1, 0.15) is 33.1 Å². The van der Waals surface area contributed by atoms with Crippen LogP contribution >= 0.6 is 27.5 Å². The number of nitrogens with zero attached hydrogens (tertiary/aromatic N) is 1. The second-order valence-electron chi connectivity index (χ2n) is 5.01. The van der Waals surface area contributed by atoms with Crippen LogP contribution in [-0.4, -0.2) is 6.54 Å². The molecule has 0 unspecified atom stereocenters. The number of anilines is 1. The summed E-state index contributed by atoms with van der Waals surface area (Å²) >= 11 is 9.37. The average molecular weight is 330 g/mol. The normalized spacial score (nSPS) is 11.1. The summed E-state index contributed by atoms with van der Waals surface area (Å²) in [5, 5.41) is 12.9. The van der Waals surface area contributed by atoms with E-state index in [0.717, 1.165) is 36.0 Å². The minimum absolute atomic E-state index is 0.207. The molecule has 0 atom stereocenters. The van der Waals surface area contributed by atoms with Crippen molar-refractivity contribution in [3.05, 3.63) is 27.7 Å². The highest BCUT2D eigenvalue weighted by atomic mass is 79.9. The summed E-state index contributed by atoms with van der Waals surface area (Å²) in [6, 6.07) is 8.16. The molecule has 2 nitrogen and oxygen atoms in total. The maximum absolute atomic E-state index is 8.90. The van der Waals surface area contributed by atoms with Crippen LogP contribution in [0.2, 0.25) is 5.02 Å². The number of rotatable bonds is 6. The molecule has 1 aromatic rings. The van der Waals surface area contributed by atoms with E-state index in [-0.39, 0.29) is 5.41 Å². The zero-order valence-electron chi connectivity index (χ0n) is 10.8.